The second kappa shape index (κ2) is 6.02. The van der Waals surface area contributed by atoms with Crippen LogP contribution in [0.1, 0.15) is 11.3 Å². The molecule has 0 saturated heterocycles. The molecular formula is C20H15F2N3O4. The number of nitrogens with one attached hydrogen (secondary N) is 1. The first kappa shape index (κ1) is 17.6. The molecule has 1 atom stereocenters. The fraction of sp³-hybridized carbons (Fsp3) is 0.200. The van der Waals surface area contributed by atoms with E-state index in [2.05, 4.69) is 10.3 Å². The van der Waals surface area contributed by atoms with E-state index in [0.717, 1.165) is 6.07 Å². The lowest BCUT2D eigenvalue weighted by Gasteiger charge is -2.26. The molecular weight excluding hydrogens is 384 g/mol. The molecule has 3 heterocycles. The van der Waals surface area contributed by atoms with Gasteiger partial charge < -0.3 is 24.8 Å². The number of nitrogens with zero attached hydrogens (tertiary/aromatic N) is 2. The monoisotopic (exact) mass is 399 g/mol. The fourth-order valence-electron chi connectivity index (χ4n) is 4.11. The number of carbonyl (C=O) groups is 1. The maximum Gasteiger partial charge on any atom is 0.342 e. The molecule has 1 aromatic heterocycles. The average Bonchev–Trinajstić information content (AvgIpc) is 3.27. The van der Waals surface area contributed by atoms with E-state index in [4.69, 9.17) is 9.84 Å². The summed E-state index contributed by atoms with van der Waals surface area (Å²) in [5.41, 5.74) is 0.360. The number of aromatic nitrogens is 1. The molecule has 29 heavy (non-hydrogen) atoms. The fourth-order valence-corrected chi connectivity index (χ4v) is 4.11. The Morgan fingerprint density at radius 3 is 2.69 bits per heavy atom. The van der Waals surface area contributed by atoms with Crippen LogP contribution in [0.15, 0.2) is 41.4 Å². The van der Waals surface area contributed by atoms with Gasteiger partial charge in [-0.3, -0.25) is 0 Å². The van der Waals surface area contributed by atoms with E-state index in [1.54, 1.807) is 16.7 Å². The van der Waals surface area contributed by atoms with E-state index >= 15 is 0 Å². The Hall–Kier alpha value is -3.46. The van der Waals surface area contributed by atoms with Gasteiger partial charge in [0.05, 0.1) is 18.8 Å². The number of benzene rings is 2. The number of hydrogen-bond donors (Lipinski definition) is 3. The Balaban J connectivity index is 1.72. The Morgan fingerprint density at radius 2 is 1.97 bits per heavy atom. The molecule has 0 fully saturated rings. The van der Waals surface area contributed by atoms with Crippen LogP contribution < -0.4 is 10.1 Å². The Labute approximate surface area is 162 Å². The van der Waals surface area contributed by atoms with Crippen LogP contribution in [0.3, 0.4) is 0 Å². The molecule has 0 aliphatic carbocycles. The van der Waals surface area contributed by atoms with Gasteiger partial charge >= 0.3 is 6.03 Å². The molecule has 0 saturated carbocycles. The number of rotatable bonds is 4. The van der Waals surface area contributed by atoms with Crippen LogP contribution in [0.4, 0.5) is 13.6 Å². The largest absolute Gasteiger partial charge is 0.494 e. The number of aliphatic imine (C=N–C) groups is 1. The minimum Gasteiger partial charge on any atom is -0.494 e. The summed E-state index contributed by atoms with van der Waals surface area (Å²) in [4.78, 5) is 16.3. The van der Waals surface area contributed by atoms with Gasteiger partial charge in [0.1, 0.15) is 23.7 Å². The highest BCUT2D eigenvalue weighted by molar-refractivity contribution is 6.23. The maximum atomic E-state index is 14.3. The SMILES string of the molecule is O=C1N=C2c3c4cc(OCCO)c(F)cc4c(O)n3CC2(c2ccc(F)cc2)N1. The van der Waals surface area contributed by atoms with E-state index in [1.165, 1.54) is 18.2 Å². The van der Waals surface area contributed by atoms with E-state index in [1.807, 2.05) is 0 Å². The van der Waals surface area contributed by atoms with Gasteiger partial charge in [-0.25, -0.2) is 13.6 Å². The lowest BCUT2D eigenvalue weighted by molar-refractivity contribution is 0.196. The van der Waals surface area contributed by atoms with Crippen molar-refractivity contribution >= 4 is 22.5 Å². The van der Waals surface area contributed by atoms with Crippen molar-refractivity contribution in [1.29, 1.82) is 0 Å². The topological polar surface area (TPSA) is 96.1 Å². The highest BCUT2D eigenvalue weighted by Gasteiger charge is 2.52. The molecule has 7 nitrogen and oxygen atoms in total. The molecule has 2 aliphatic heterocycles. The first-order chi connectivity index (χ1) is 13.9. The lowest BCUT2D eigenvalue weighted by Crippen LogP contribution is -2.45. The molecule has 2 aliphatic rings. The molecule has 0 radical (unpaired) electrons. The smallest absolute Gasteiger partial charge is 0.342 e. The molecule has 0 spiro atoms. The quantitative estimate of drug-likeness (QED) is 0.628. The standard InChI is InChI=1S/C20H15F2N3O4/c21-11-3-1-10(2-4-11)20-9-25-16(17(20)23-19(28)24-20)12-8-15(29-6-5-26)14(22)7-13(12)18(25)27/h1-4,7-8,26-27H,5-6,9H2,(H,24,28). The van der Waals surface area contributed by atoms with Crippen LogP contribution in [0.25, 0.3) is 10.8 Å². The molecule has 148 valence electrons. The van der Waals surface area contributed by atoms with Crippen molar-refractivity contribution in [3.63, 3.8) is 0 Å². The second-order valence-electron chi connectivity index (χ2n) is 6.96. The van der Waals surface area contributed by atoms with Crippen molar-refractivity contribution in [3.05, 3.63) is 59.3 Å². The number of halogens is 2. The Morgan fingerprint density at radius 1 is 1.21 bits per heavy atom. The summed E-state index contributed by atoms with van der Waals surface area (Å²) in [6.07, 6.45) is 0. The summed E-state index contributed by atoms with van der Waals surface area (Å²) in [6.45, 7) is -0.256. The maximum absolute atomic E-state index is 14.3. The molecule has 0 bridgehead atoms. The van der Waals surface area contributed by atoms with Crippen LogP contribution in [-0.4, -0.2) is 39.7 Å². The molecule has 9 heteroatoms. The van der Waals surface area contributed by atoms with E-state index in [0.29, 0.717) is 22.4 Å². The molecule has 2 amide bonds. The van der Waals surface area contributed by atoms with Gasteiger partial charge in [-0.1, -0.05) is 12.1 Å². The number of urea groups is 1. The zero-order valence-corrected chi connectivity index (χ0v) is 14.9. The molecule has 3 aromatic rings. The summed E-state index contributed by atoms with van der Waals surface area (Å²) in [5.74, 6) is -1.36. The first-order valence-corrected chi connectivity index (χ1v) is 8.90. The van der Waals surface area contributed by atoms with E-state index in [9.17, 15) is 18.7 Å². The third kappa shape index (κ3) is 2.37. The van der Waals surface area contributed by atoms with Crippen molar-refractivity contribution in [1.82, 2.24) is 9.88 Å². The first-order valence-electron chi connectivity index (χ1n) is 8.90. The lowest BCUT2D eigenvalue weighted by atomic mass is 9.86. The zero-order chi connectivity index (χ0) is 20.3. The third-order valence-corrected chi connectivity index (χ3v) is 5.34. The summed E-state index contributed by atoms with van der Waals surface area (Å²) in [7, 11) is 0. The van der Waals surface area contributed by atoms with Crippen LogP contribution >= 0.6 is 0 Å². The van der Waals surface area contributed by atoms with Crippen LogP contribution in [-0.2, 0) is 12.1 Å². The average molecular weight is 399 g/mol. The zero-order valence-electron chi connectivity index (χ0n) is 14.9. The summed E-state index contributed by atoms with van der Waals surface area (Å²) < 4.78 is 34.5. The number of fused-ring (bicyclic) bond motifs is 5. The number of ether oxygens (including phenoxy) is 1. The minimum atomic E-state index is -1.06. The third-order valence-electron chi connectivity index (χ3n) is 5.34. The molecule has 3 N–H and O–H groups in total. The Kier molecular flexibility index (Phi) is 3.66. The van der Waals surface area contributed by atoms with Gasteiger partial charge in [-0.05, 0) is 29.8 Å². The van der Waals surface area contributed by atoms with Crippen LogP contribution in [0.5, 0.6) is 11.6 Å². The summed E-state index contributed by atoms with van der Waals surface area (Å²) in [6, 6.07) is 7.69. The number of amides is 2. The minimum absolute atomic E-state index is 0.0860. The highest BCUT2D eigenvalue weighted by atomic mass is 19.1. The van der Waals surface area contributed by atoms with E-state index < -0.39 is 23.2 Å². The van der Waals surface area contributed by atoms with Crippen LogP contribution in [0.2, 0.25) is 0 Å². The van der Waals surface area contributed by atoms with Gasteiger partial charge in [-0.2, -0.15) is 4.99 Å². The predicted molar refractivity (Wildman–Crippen MR) is 99.3 cm³/mol. The van der Waals surface area contributed by atoms with E-state index in [-0.39, 0.29) is 36.8 Å². The van der Waals surface area contributed by atoms with Gasteiger partial charge in [-0.15, -0.1) is 0 Å². The van der Waals surface area contributed by atoms with Crippen molar-refractivity contribution in [2.45, 2.75) is 12.1 Å². The number of aromatic hydroxyl groups is 1. The number of aliphatic hydroxyl groups is 1. The van der Waals surface area contributed by atoms with Gasteiger partial charge in [0.25, 0.3) is 0 Å². The normalized spacial score (nSPS) is 19.8. The number of carbonyl (C=O) groups excluding carboxylic acids is 1. The molecule has 5 rings (SSSR count). The summed E-state index contributed by atoms with van der Waals surface area (Å²) in [5, 5.41) is 23.2. The van der Waals surface area contributed by atoms with Crippen LogP contribution in [0, 0.1) is 11.6 Å². The summed E-state index contributed by atoms with van der Waals surface area (Å²) >= 11 is 0. The number of aliphatic hydroxyl groups excluding tert-OH is 1. The van der Waals surface area contributed by atoms with Crippen molar-refractivity contribution in [2.24, 2.45) is 4.99 Å². The van der Waals surface area contributed by atoms with Gasteiger partial charge in [0.2, 0.25) is 0 Å². The van der Waals surface area contributed by atoms with Crippen molar-refractivity contribution in [2.75, 3.05) is 13.2 Å². The van der Waals surface area contributed by atoms with Gasteiger partial charge in [0, 0.05) is 10.8 Å². The van der Waals surface area contributed by atoms with Crippen molar-refractivity contribution in [3.8, 4) is 11.6 Å². The van der Waals surface area contributed by atoms with Crippen molar-refractivity contribution < 1.29 is 28.5 Å². The van der Waals surface area contributed by atoms with Gasteiger partial charge in [0.15, 0.2) is 17.4 Å². The predicted octanol–water partition coefficient (Wildman–Crippen LogP) is 2.42. The second-order valence-corrected chi connectivity index (χ2v) is 6.96. The number of hydrogen-bond acceptors (Lipinski definition) is 4. The molecule has 1 unspecified atom stereocenters. The molecule has 2 aromatic carbocycles. The Bertz CT molecular complexity index is 1200. The highest BCUT2D eigenvalue weighted by Crippen LogP contribution is 2.46.